The quantitative estimate of drug-likeness (QED) is 0.307. The molecule has 4 aromatic rings. The zero-order chi connectivity index (χ0) is 24.1. The molecule has 2 aromatic heterocycles. The van der Waals surface area contributed by atoms with E-state index in [1.807, 2.05) is 73.7 Å². The summed E-state index contributed by atoms with van der Waals surface area (Å²) in [4.78, 5) is 20.5. The number of rotatable bonds is 8. The molecule has 0 aliphatic carbocycles. The maximum atomic E-state index is 15.1. The first-order chi connectivity index (χ1) is 16.4. The van der Waals surface area contributed by atoms with Crippen molar-refractivity contribution in [3.8, 4) is 0 Å². The Bertz CT molecular complexity index is 1280. The number of hydrogen-bond acceptors (Lipinski definition) is 6. The maximum Gasteiger partial charge on any atom is 0.252 e. The fraction of sp³-hybridized carbons (Fsp3) is 0.115. The van der Waals surface area contributed by atoms with Gasteiger partial charge >= 0.3 is 0 Å². The Labute approximate surface area is 197 Å². The zero-order valence-corrected chi connectivity index (χ0v) is 18.6. The molecule has 4 rings (SSSR count). The standard InChI is InChI=1S/C26H25FN6O/c1-16-12-19(15-30-14-16)31-25-20(24(29)34)13-21(27)26(33-25)32-23(18-10-6-3-7-11-18)22(28)17-8-4-2-5-9-17/h2-15,22-23H,28H2,1H3,(H2,29,34)(H2,31,32,33)/t22-,23-/m0/s1. The maximum absolute atomic E-state index is 15.1. The van der Waals surface area contributed by atoms with Crippen molar-refractivity contribution in [3.05, 3.63) is 113 Å². The second-order valence-electron chi connectivity index (χ2n) is 7.92. The lowest BCUT2D eigenvalue weighted by molar-refractivity contribution is 0.100. The third-order valence-corrected chi connectivity index (χ3v) is 5.37. The van der Waals surface area contributed by atoms with E-state index in [-0.39, 0.29) is 17.2 Å². The van der Waals surface area contributed by atoms with Gasteiger partial charge in [0.2, 0.25) is 0 Å². The molecule has 0 fully saturated rings. The van der Waals surface area contributed by atoms with Crippen molar-refractivity contribution in [2.75, 3.05) is 10.6 Å². The number of anilines is 3. The minimum atomic E-state index is -0.804. The number of halogens is 1. The first-order valence-corrected chi connectivity index (χ1v) is 10.7. The van der Waals surface area contributed by atoms with Crippen LogP contribution in [-0.4, -0.2) is 15.9 Å². The van der Waals surface area contributed by atoms with Crippen LogP contribution in [0, 0.1) is 12.7 Å². The van der Waals surface area contributed by atoms with Crippen molar-refractivity contribution in [2.45, 2.75) is 19.0 Å². The van der Waals surface area contributed by atoms with E-state index >= 15 is 4.39 Å². The van der Waals surface area contributed by atoms with E-state index in [1.165, 1.54) is 0 Å². The molecule has 2 aromatic carbocycles. The Balaban J connectivity index is 1.74. The van der Waals surface area contributed by atoms with Gasteiger partial charge in [-0.25, -0.2) is 9.37 Å². The smallest absolute Gasteiger partial charge is 0.252 e. The third-order valence-electron chi connectivity index (χ3n) is 5.37. The van der Waals surface area contributed by atoms with Crippen LogP contribution in [0.5, 0.6) is 0 Å². The van der Waals surface area contributed by atoms with Crippen molar-refractivity contribution < 1.29 is 9.18 Å². The normalized spacial score (nSPS) is 12.6. The number of carbonyl (C=O) groups excluding carboxylic acids is 1. The average molecular weight is 457 g/mol. The molecule has 0 aliphatic heterocycles. The summed E-state index contributed by atoms with van der Waals surface area (Å²) >= 11 is 0. The third kappa shape index (κ3) is 5.19. The van der Waals surface area contributed by atoms with Gasteiger partial charge in [0.05, 0.1) is 29.5 Å². The first-order valence-electron chi connectivity index (χ1n) is 10.7. The number of nitrogens with two attached hydrogens (primary N) is 2. The van der Waals surface area contributed by atoms with Crippen LogP contribution in [0.4, 0.5) is 21.7 Å². The Morgan fingerprint density at radius 3 is 2.21 bits per heavy atom. The molecule has 0 unspecified atom stereocenters. The summed E-state index contributed by atoms with van der Waals surface area (Å²) in [5, 5.41) is 6.17. The number of primary amides is 1. The average Bonchev–Trinajstić information content (AvgIpc) is 2.84. The van der Waals surface area contributed by atoms with Crippen molar-refractivity contribution in [2.24, 2.45) is 11.5 Å². The number of carbonyl (C=O) groups is 1. The van der Waals surface area contributed by atoms with Crippen LogP contribution in [0.3, 0.4) is 0 Å². The molecule has 7 nitrogen and oxygen atoms in total. The van der Waals surface area contributed by atoms with E-state index in [1.54, 1.807) is 12.4 Å². The SMILES string of the molecule is Cc1cncc(Nc2nc(N[C@@H](c3ccccc3)[C@@H](N)c3ccccc3)c(F)cc2C(N)=O)c1. The largest absolute Gasteiger partial charge is 0.365 e. The molecular weight excluding hydrogens is 431 g/mol. The molecule has 0 bridgehead atoms. The van der Waals surface area contributed by atoms with E-state index in [2.05, 4.69) is 20.6 Å². The lowest BCUT2D eigenvalue weighted by Crippen LogP contribution is -2.27. The second kappa shape index (κ2) is 10.1. The highest BCUT2D eigenvalue weighted by Gasteiger charge is 2.24. The molecule has 34 heavy (non-hydrogen) atoms. The Hall–Kier alpha value is -4.30. The molecule has 172 valence electrons. The Morgan fingerprint density at radius 2 is 1.59 bits per heavy atom. The van der Waals surface area contributed by atoms with E-state index in [9.17, 15) is 4.79 Å². The van der Waals surface area contributed by atoms with Gasteiger partial charge in [-0.15, -0.1) is 0 Å². The Kier molecular flexibility index (Phi) is 6.79. The number of benzene rings is 2. The number of aryl methyl sites for hydroxylation is 1. The van der Waals surface area contributed by atoms with Crippen molar-refractivity contribution >= 4 is 23.2 Å². The van der Waals surface area contributed by atoms with Crippen LogP contribution in [0.2, 0.25) is 0 Å². The van der Waals surface area contributed by atoms with Gasteiger partial charge < -0.3 is 22.1 Å². The van der Waals surface area contributed by atoms with Gasteiger partial charge in [-0.1, -0.05) is 60.7 Å². The molecule has 2 heterocycles. The summed E-state index contributed by atoms with van der Waals surface area (Å²) in [5.74, 6) is -1.47. The predicted octanol–water partition coefficient (Wildman–Crippen LogP) is 4.62. The van der Waals surface area contributed by atoms with E-state index < -0.39 is 23.8 Å². The molecule has 8 heteroatoms. The zero-order valence-electron chi connectivity index (χ0n) is 18.6. The number of nitrogens with zero attached hydrogens (tertiary/aromatic N) is 2. The molecule has 2 atom stereocenters. The highest BCUT2D eigenvalue weighted by molar-refractivity contribution is 5.98. The number of aromatic nitrogens is 2. The molecule has 6 N–H and O–H groups in total. The van der Waals surface area contributed by atoms with Gasteiger partial charge in [-0.3, -0.25) is 9.78 Å². The van der Waals surface area contributed by atoms with Gasteiger partial charge in [-0.2, -0.15) is 0 Å². The number of nitrogens with one attached hydrogen (secondary N) is 2. The van der Waals surface area contributed by atoms with Crippen LogP contribution in [0.1, 0.15) is 39.1 Å². The highest BCUT2D eigenvalue weighted by atomic mass is 19.1. The van der Waals surface area contributed by atoms with Gasteiger partial charge in [0.1, 0.15) is 5.82 Å². The van der Waals surface area contributed by atoms with Gasteiger partial charge in [0.15, 0.2) is 11.6 Å². The van der Waals surface area contributed by atoms with E-state index in [0.29, 0.717) is 5.69 Å². The van der Waals surface area contributed by atoms with Crippen LogP contribution in [0.15, 0.2) is 85.2 Å². The predicted molar refractivity (Wildman–Crippen MR) is 131 cm³/mol. The molecule has 1 amide bonds. The number of pyridine rings is 2. The van der Waals surface area contributed by atoms with Gasteiger partial charge in [-0.05, 0) is 35.7 Å². The van der Waals surface area contributed by atoms with Crippen molar-refractivity contribution in [3.63, 3.8) is 0 Å². The van der Waals surface area contributed by atoms with Gasteiger partial charge in [0.25, 0.3) is 5.91 Å². The summed E-state index contributed by atoms with van der Waals surface area (Å²) in [6.07, 6.45) is 3.27. The van der Waals surface area contributed by atoms with Crippen LogP contribution < -0.4 is 22.1 Å². The lowest BCUT2D eigenvalue weighted by atomic mass is 9.94. The first kappa shape index (κ1) is 22.9. The monoisotopic (exact) mass is 456 g/mol. The number of hydrogen-bond donors (Lipinski definition) is 4. The highest BCUT2D eigenvalue weighted by Crippen LogP contribution is 2.32. The fourth-order valence-electron chi connectivity index (χ4n) is 3.69. The summed E-state index contributed by atoms with van der Waals surface area (Å²) in [6.45, 7) is 1.88. The second-order valence-corrected chi connectivity index (χ2v) is 7.92. The topological polar surface area (TPSA) is 119 Å². The number of amides is 1. The van der Waals surface area contributed by atoms with E-state index in [0.717, 1.165) is 22.8 Å². The Morgan fingerprint density at radius 1 is 0.941 bits per heavy atom. The fourth-order valence-corrected chi connectivity index (χ4v) is 3.69. The summed E-state index contributed by atoms with van der Waals surface area (Å²) in [5.41, 5.74) is 15.3. The molecular formula is C26H25FN6O. The van der Waals surface area contributed by atoms with Crippen LogP contribution >= 0.6 is 0 Å². The van der Waals surface area contributed by atoms with Crippen LogP contribution in [-0.2, 0) is 0 Å². The molecule has 0 aliphatic rings. The minimum Gasteiger partial charge on any atom is -0.365 e. The summed E-state index contributed by atoms with van der Waals surface area (Å²) in [6, 6.07) is 20.9. The minimum absolute atomic E-state index is 0.0617. The molecule has 0 spiro atoms. The molecule has 0 saturated carbocycles. The summed E-state index contributed by atoms with van der Waals surface area (Å²) < 4.78 is 15.1. The van der Waals surface area contributed by atoms with Crippen molar-refractivity contribution in [1.82, 2.24) is 9.97 Å². The van der Waals surface area contributed by atoms with Crippen molar-refractivity contribution in [1.29, 1.82) is 0 Å². The van der Waals surface area contributed by atoms with E-state index in [4.69, 9.17) is 11.5 Å². The van der Waals surface area contributed by atoms with Gasteiger partial charge in [0, 0.05) is 6.20 Å². The molecule has 0 saturated heterocycles. The van der Waals surface area contributed by atoms with Crippen LogP contribution in [0.25, 0.3) is 0 Å². The summed E-state index contributed by atoms with van der Waals surface area (Å²) in [7, 11) is 0. The lowest BCUT2D eigenvalue weighted by Gasteiger charge is -2.27. The molecule has 0 radical (unpaired) electrons.